The van der Waals surface area contributed by atoms with Crippen LogP contribution in [-0.2, 0) is 19.4 Å². The van der Waals surface area contributed by atoms with Crippen molar-refractivity contribution in [3.63, 3.8) is 0 Å². The van der Waals surface area contributed by atoms with Crippen LogP contribution in [0.4, 0.5) is 11.8 Å². The van der Waals surface area contributed by atoms with Crippen molar-refractivity contribution in [1.29, 1.82) is 0 Å². The number of nitrogens with zero attached hydrogens (tertiary/aromatic N) is 3. The number of hydrogen-bond donors (Lipinski definition) is 4. The highest BCUT2D eigenvalue weighted by Gasteiger charge is 2.25. The van der Waals surface area contributed by atoms with Crippen LogP contribution in [0, 0.1) is 0 Å². The minimum absolute atomic E-state index is 0.151. The molecule has 0 unspecified atom stereocenters. The predicted octanol–water partition coefficient (Wildman–Crippen LogP) is 5.42. The van der Waals surface area contributed by atoms with E-state index in [-0.39, 0.29) is 5.69 Å². The van der Waals surface area contributed by atoms with Gasteiger partial charge in [0.05, 0.1) is 10.7 Å². The molecule has 1 saturated carbocycles. The van der Waals surface area contributed by atoms with E-state index in [0.29, 0.717) is 45.1 Å². The van der Waals surface area contributed by atoms with Crippen molar-refractivity contribution >= 4 is 51.8 Å². The van der Waals surface area contributed by atoms with Gasteiger partial charge in [0.1, 0.15) is 11.5 Å². The molecule has 5 rings (SSSR count). The van der Waals surface area contributed by atoms with E-state index in [4.69, 9.17) is 33.2 Å². The van der Waals surface area contributed by atoms with Crippen LogP contribution >= 0.6 is 23.2 Å². The van der Waals surface area contributed by atoms with E-state index in [1.165, 1.54) is 24.1 Å². The molecule has 0 aliphatic heterocycles. The summed E-state index contributed by atoms with van der Waals surface area (Å²) in [6.45, 7) is 0.422. The summed E-state index contributed by atoms with van der Waals surface area (Å²) < 4.78 is 0. The number of nitrogens with one attached hydrogen (secondary N) is 3. The summed E-state index contributed by atoms with van der Waals surface area (Å²) in [5.41, 5.74) is 3.93. The van der Waals surface area contributed by atoms with Crippen LogP contribution in [0.3, 0.4) is 0 Å². The molecule has 0 saturated heterocycles. The Kier molecular flexibility index (Phi) is 7.28. The van der Waals surface area contributed by atoms with Crippen molar-refractivity contribution in [2.24, 2.45) is 0 Å². The van der Waals surface area contributed by atoms with E-state index in [9.17, 15) is 9.90 Å². The van der Waals surface area contributed by atoms with Gasteiger partial charge in [-0.05, 0) is 63.5 Å². The highest BCUT2D eigenvalue weighted by atomic mass is 35.5. The van der Waals surface area contributed by atoms with Crippen molar-refractivity contribution in [1.82, 2.24) is 20.3 Å². The zero-order valence-electron chi connectivity index (χ0n) is 20.6. The number of aromatic amines is 1. The van der Waals surface area contributed by atoms with Crippen molar-refractivity contribution in [2.45, 2.75) is 70.0 Å². The molecule has 3 aromatic rings. The Bertz CT molecular complexity index is 1280. The number of benzene rings is 1. The molecule has 36 heavy (non-hydrogen) atoms. The van der Waals surface area contributed by atoms with Gasteiger partial charge in [0, 0.05) is 59.8 Å². The number of anilines is 2. The Morgan fingerprint density at radius 2 is 1.83 bits per heavy atom. The lowest BCUT2D eigenvalue weighted by Crippen LogP contribution is -2.37. The van der Waals surface area contributed by atoms with Gasteiger partial charge in [-0.2, -0.15) is 4.98 Å². The molecule has 1 aromatic carbocycles. The monoisotopic (exact) mass is 530 g/mol. The maximum atomic E-state index is 11.9. The molecule has 2 heterocycles. The third-order valence-corrected chi connectivity index (χ3v) is 7.86. The number of aryl methyl sites for hydroxylation is 1. The van der Waals surface area contributed by atoms with Gasteiger partial charge in [-0.3, -0.25) is 0 Å². The molecular weight excluding hydrogens is 499 g/mol. The molecule has 0 amide bonds. The van der Waals surface area contributed by atoms with Gasteiger partial charge >= 0.3 is 5.97 Å². The largest absolute Gasteiger partial charge is 0.477 e. The van der Waals surface area contributed by atoms with E-state index in [1.54, 1.807) is 12.1 Å². The third kappa shape index (κ3) is 5.12. The normalized spacial score (nSPS) is 19.8. The summed E-state index contributed by atoms with van der Waals surface area (Å²) in [4.78, 5) is 26.6. The maximum Gasteiger partial charge on any atom is 0.352 e. The highest BCUT2D eigenvalue weighted by molar-refractivity contribution is 6.39. The number of halogens is 2. The smallest absolute Gasteiger partial charge is 0.352 e. The van der Waals surface area contributed by atoms with Gasteiger partial charge in [-0.15, -0.1) is 0 Å². The van der Waals surface area contributed by atoms with E-state index in [2.05, 4.69) is 20.5 Å². The molecule has 10 heteroatoms. The molecule has 0 spiro atoms. The quantitative estimate of drug-likeness (QED) is 0.323. The Hall–Kier alpha value is -2.55. The lowest BCUT2D eigenvalue weighted by atomic mass is 9.91. The molecule has 0 atom stereocenters. The number of carboxylic acid groups (broad SMARTS) is 1. The highest BCUT2D eigenvalue weighted by Crippen LogP contribution is 2.33. The summed E-state index contributed by atoms with van der Waals surface area (Å²) in [5.74, 6) is 0.754. The molecule has 8 nitrogen and oxygen atoms in total. The van der Waals surface area contributed by atoms with Crippen LogP contribution in [-0.4, -0.2) is 52.2 Å². The second-order valence-electron chi connectivity index (χ2n) is 10.1. The Labute approximate surface area is 220 Å². The second kappa shape index (κ2) is 10.4. The summed E-state index contributed by atoms with van der Waals surface area (Å²) >= 11 is 12.5. The first kappa shape index (κ1) is 25.1. The van der Waals surface area contributed by atoms with Crippen LogP contribution in [0.15, 0.2) is 12.1 Å². The first-order valence-electron chi connectivity index (χ1n) is 12.6. The molecular formula is C26H32Cl2N6O2. The number of fused-ring (bicyclic) bond motifs is 2. The lowest BCUT2D eigenvalue weighted by Gasteiger charge is -2.30. The second-order valence-corrected chi connectivity index (χ2v) is 10.9. The fraction of sp³-hybridized carbons (Fsp3) is 0.500. The van der Waals surface area contributed by atoms with Crippen LogP contribution in [0.1, 0.15) is 65.8 Å². The summed E-state index contributed by atoms with van der Waals surface area (Å²) in [7, 11) is 4.09. The van der Waals surface area contributed by atoms with Gasteiger partial charge < -0.3 is 25.6 Å². The fourth-order valence-corrected chi connectivity index (χ4v) is 6.16. The first-order chi connectivity index (χ1) is 17.3. The average molecular weight is 531 g/mol. The predicted molar refractivity (Wildman–Crippen MR) is 145 cm³/mol. The van der Waals surface area contributed by atoms with Gasteiger partial charge in [-0.1, -0.05) is 23.2 Å². The van der Waals surface area contributed by atoms with E-state index in [0.717, 1.165) is 50.3 Å². The number of carboxylic acids is 1. The number of hydrogen-bond acceptors (Lipinski definition) is 6. The molecule has 1 fully saturated rings. The molecule has 4 N–H and O–H groups in total. The average Bonchev–Trinajstić information content (AvgIpc) is 3.22. The molecule has 2 aliphatic carbocycles. The third-order valence-electron chi connectivity index (χ3n) is 7.34. The minimum atomic E-state index is -1.01. The maximum absolute atomic E-state index is 11.9. The summed E-state index contributed by atoms with van der Waals surface area (Å²) in [6, 6.07) is 3.97. The fourth-order valence-electron chi connectivity index (χ4n) is 5.55. The number of aromatic carboxylic acids is 1. The van der Waals surface area contributed by atoms with Crippen LogP contribution in [0.2, 0.25) is 10.0 Å². The molecule has 0 bridgehead atoms. The lowest BCUT2D eigenvalue weighted by molar-refractivity contribution is 0.0690. The van der Waals surface area contributed by atoms with Crippen molar-refractivity contribution < 1.29 is 9.90 Å². The van der Waals surface area contributed by atoms with Crippen LogP contribution in [0.5, 0.6) is 0 Å². The van der Waals surface area contributed by atoms with E-state index < -0.39 is 5.97 Å². The Balaban J connectivity index is 1.23. The number of rotatable bonds is 7. The molecule has 192 valence electrons. The van der Waals surface area contributed by atoms with Crippen molar-refractivity contribution in [3.8, 4) is 0 Å². The molecule has 0 radical (unpaired) electrons. The Morgan fingerprint density at radius 1 is 1.11 bits per heavy atom. The SMILES string of the molecule is CN(C)c1nc(N[C@H]2CC[C@@H](NCc3c(C(=O)O)[nH]c4cc(Cl)cc(Cl)c34)CC2)nc2c1CCCC2. The number of carbonyl (C=O) groups is 1. The number of H-pyrrole nitrogens is 1. The first-order valence-corrected chi connectivity index (χ1v) is 13.4. The summed E-state index contributed by atoms with van der Waals surface area (Å²) in [5, 5.41) is 18.5. The molecule has 2 aromatic heterocycles. The zero-order chi connectivity index (χ0) is 25.4. The van der Waals surface area contributed by atoms with Gasteiger partial charge in [0.2, 0.25) is 5.95 Å². The van der Waals surface area contributed by atoms with Gasteiger partial charge in [-0.25, -0.2) is 9.78 Å². The van der Waals surface area contributed by atoms with Crippen molar-refractivity contribution in [2.75, 3.05) is 24.3 Å². The van der Waals surface area contributed by atoms with E-state index >= 15 is 0 Å². The van der Waals surface area contributed by atoms with Gasteiger partial charge in [0.25, 0.3) is 0 Å². The minimum Gasteiger partial charge on any atom is -0.477 e. The zero-order valence-corrected chi connectivity index (χ0v) is 22.1. The number of aromatic nitrogens is 3. The van der Waals surface area contributed by atoms with Crippen LogP contribution in [0.25, 0.3) is 10.9 Å². The topological polar surface area (TPSA) is 106 Å². The Morgan fingerprint density at radius 3 is 2.56 bits per heavy atom. The standard InChI is InChI=1S/C26H32Cl2N6O2/c1-34(2)24-17-5-3-4-6-20(17)32-26(33-24)30-16-9-7-15(8-10-16)29-13-18-22-19(28)11-14(27)12-21(22)31-23(18)25(35)36/h11-12,15-16,29,31H,3-10,13H2,1-2H3,(H,35,36)(H,30,32,33)/t15-,16+. The van der Waals surface area contributed by atoms with Crippen molar-refractivity contribution in [3.05, 3.63) is 44.7 Å². The van der Waals surface area contributed by atoms with Gasteiger partial charge in [0.15, 0.2) is 0 Å². The van der Waals surface area contributed by atoms with Crippen LogP contribution < -0.4 is 15.5 Å². The summed E-state index contributed by atoms with van der Waals surface area (Å²) in [6.07, 6.45) is 8.40. The van der Waals surface area contributed by atoms with E-state index in [1.807, 2.05) is 14.1 Å². The molecule has 2 aliphatic rings.